The summed E-state index contributed by atoms with van der Waals surface area (Å²) in [5, 5.41) is 12.7. The van der Waals surface area contributed by atoms with E-state index in [0.29, 0.717) is 12.1 Å². The Morgan fingerprint density at radius 2 is 2.24 bits per heavy atom. The number of aromatic nitrogens is 2. The summed E-state index contributed by atoms with van der Waals surface area (Å²) in [5.74, 6) is 0.865. The van der Waals surface area contributed by atoms with E-state index in [1.165, 1.54) is 19.3 Å². The van der Waals surface area contributed by atoms with Crippen molar-refractivity contribution < 1.29 is 4.74 Å². The van der Waals surface area contributed by atoms with Gasteiger partial charge in [-0.25, -0.2) is 0 Å². The first-order valence-corrected chi connectivity index (χ1v) is 7.21. The minimum absolute atomic E-state index is 0.389. The van der Waals surface area contributed by atoms with Crippen molar-refractivity contribution in [1.82, 2.24) is 10.2 Å². The molecule has 1 aromatic rings. The van der Waals surface area contributed by atoms with Crippen LogP contribution in [0.2, 0.25) is 0 Å². The van der Waals surface area contributed by atoms with Gasteiger partial charge in [0.1, 0.15) is 10.8 Å². The maximum Gasteiger partial charge on any atom is 0.148 e. The third-order valence-corrected chi connectivity index (χ3v) is 3.80. The maximum atomic E-state index is 5.42. The topological polar surface area (TPSA) is 47.0 Å². The number of rotatable bonds is 4. The Kier molecular flexibility index (Phi) is 4.62. The van der Waals surface area contributed by atoms with Crippen molar-refractivity contribution >= 4 is 17.6 Å². The highest BCUT2D eigenvalue weighted by Crippen LogP contribution is 2.23. The molecule has 1 fully saturated rings. The second kappa shape index (κ2) is 6.21. The molecule has 0 bridgehead atoms. The fourth-order valence-electron chi connectivity index (χ4n) is 2.21. The third kappa shape index (κ3) is 3.57. The average molecular weight is 253 g/mol. The van der Waals surface area contributed by atoms with Crippen LogP contribution in [0.15, 0.2) is 17.2 Å². The van der Waals surface area contributed by atoms with E-state index in [1.807, 2.05) is 18.4 Å². The van der Waals surface area contributed by atoms with E-state index < -0.39 is 0 Å². The van der Waals surface area contributed by atoms with Crippen LogP contribution < -0.4 is 5.32 Å². The third-order valence-electron chi connectivity index (χ3n) is 3.16. The molecule has 0 radical (unpaired) electrons. The zero-order valence-corrected chi connectivity index (χ0v) is 11.2. The van der Waals surface area contributed by atoms with Gasteiger partial charge in [0.15, 0.2) is 0 Å². The van der Waals surface area contributed by atoms with Crippen molar-refractivity contribution in [2.24, 2.45) is 0 Å². The normalized spacial score (nSPS) is 24.6. The predicted octanol–water partition coefficient (Wildman–Crippen LogP) is 2.57. The molecule has 1 aliphatic carbocycles. The van der Waals surface area contributed by atoms with Crippen LogP contribution >= 0.6 is 11.8 Å². The number of methoxy groups -OCH3 is 1. The van der Waals surface area contributed by atoms with Gasteiger partial charge in [-0.05, 0) is 44.1 Å². The van der Waals surface area contributed by atoms with Crippen molar-refractivity contribution in [3.8, 4) is 0 Å². The van der Waals surface area contributed by atoms with E-state index in [2.05, 4.69) is 15.5 Å². The molecule has 4 nitrogen and oxygen atoms in total. The summed E-state index contributed by atoms with van der Waals surface area (Å²) < 4.78 is 5.42. The first-order valence-electron chi connectivity index (χ1n) is 5.99. The van der Waals surface area contributed by atoms with Gasteiger partial charge < -0.3 is 10.1 Å². The van der Waals surface area contributed by atoms with Crippen LogP contribution in [-0.2, 0) is 4.74 Å². The summed E-state index contributed by atoms with van der Waals surface area (Å²) in [6, 6.07) is 4.45. The van der Waals surface area contributed by atoms with Crippen molar-refractivity contribution in [3.63, 3.8) is 0 Å². The summed E-state index contributed by atoms with van der Waals surface area (Å²) in [5.41, 5.74) is 0. The van der Waals surface area contributed by atoms with Crippen molar-refractivity contribution in [1.29, 1.82) is 0 Å². The molecule has 0 amide bonds. The summed E-state index contributed by atoms with van der Waals surface area (Å²) >= 11 is 1.61. The molecule has 1 heterocycles. The Labute approximate surface area is 107 Å². The second-order valence-corrected chi connectivity index (χ2v) is 5.15. The molecule has 1 aliphatic rings. The number of hydrogen-bond donors (Lipinski definition) is 1. The first-order chi connectivity index (χ1) is 8.31. The molecule has 1 aromatic heterocycles. The molecule has 0 saturated heterocycles. The predicted molar refractivity (Wildman–Crippen MR) is 70.5 cm³/mol. The standard InChI is InChI=1S/C12H19N3OS/c1-16-10-5-3-4-9(8-10)13-11-6-7-12(17-2)15-14-11/h6-7,9-10H,3-5,8H2,1-2H3,(H,13,14). The number of anilines is 1. The quantitative estimate of drug-likeness (QED) is 0.836. The molecule has 0 aromatic carbocycles. The highest BCUT2D eigenvalue weighted by atomic mass is 32.2. The molecule has 2 unspecified atom stereocenters. The molecule has 1 saturated carbocycles. The number of nitrogens with one attached hydrogen (secondary N) is 1. The van der Waals surface area contributed by atoms with Crippen LogP contribution in [0.25, 0.3) is 0 Å². The maximum absolute atomic E-state index is 5.42. The average Bonchev–Trinajstić information content (AvgIpc) is 2.40. The summed E-state index contributed by atoms with van der Waals surface area (Å²) in [6.45, 7) is 0. The smallest absolute Gasteiger partial charge is 0.148 e. The monoisotopic (exact) mass is 253 g/mol. The summed E-state index contributed by atoms with van der Waals surface area (Å²) in [7, 11) is 1.79. The minimum atomic E-state index is 0.389. The summed E-state index contributed by atoms with van der Waals surface area (Å²) in [4.78, 5) is 0. The lowest BCUT2D eigenvalue weighted by Crippen LogP contribution is -2.31. The van der Waals surface area contributed by atoms with E-state index >= 15 is 0 Å². The Morgan fingerprint density at radius 1 is 1.35 bits per heavy atom. The molecule has 0 spiro atoms. The number of ether oxygens (including phenoxy) is 1. The van der Waals surface area contributed by atoms with Crippen LogP contribution in [0.5, 0.6) is 0 Å². The van der Waals surface area contributed by atoms with Gasteiger partial charge >= 0.3 is 0 Å². The van der Waals surface area contributed by atoms with E-state index in [-0.39, 0.29) is 0 Å². The van der Waals surface area contributed by atoms with Crippen LogP contribution in [-0.4, -0.2) is 35.7 Å². The number of nitrogens with zero attached hydrogens (tertiary/aromatic N) is 2. The Balaban J connectivity index is 1.90. The van der Waals surface area contributed by atoms with Gasteiger partial charge in [0.05, 0.1) is 6.10 Å². The van der Waals surface area contributed by atoms with Gasteiger partial charge in [-0.1, -0.05) is 0 Å². The first kappa shape index (κ1) is 12.6. The van der Waals surface area contributed by atoms with Gasteiger partial charge in [-0.3, -0.25) is 0 Å². The SMILES string of the molecule is COC1CCCC(Nc2ccc(SC)nn2)C1. The van der Waals surface area contributed by atoms with Gasteiger partial charge in [-0.2, -0.15) is 0 Å². The lowest BCUT2D eigenvalue weighted by Gasteiger charge is -2.28. The van der Waals surface area contributed by atoms with Gasteiger partial charge in [-0.15, -0.1) is 22.0 Å². The molecular weight excluding hydrogens is 234 g/mol. The van der Waals surface area contributed by atoms with Crippen LogP contribution in [0.3, 0.4) is 0 Å². The van der Waals surface area contributed by atoms with E-state index in [4.69, 9.17) is 4.74 Å². The fraction of sp³-hybridized carbons (Fsp3) is 0.667. The van der Waals surface area contributed by atoms with Crippen LogP contribution in [0.1, 0.15) is 25.7 Å². The second-order valence-electron chi connectivity index (χ2n) is 4.33. The van der Waals surface area contributed by atoms with Crippen molar-refractivity contribution in [3.05, 3.63) is 12.1 Å². The Hall–Kier alpha value is -0.810. The largest absolute Gasteiger partial charge is 0.381 e. The number of hydrogen-bond acceptors (Lipinski definition) is 5. The lowest BCUT2D eigenvalue weighted by atomic mass is 9.93. The van der Waals surface area contributed by atoms with Gasteiger partial charge in [0.2, 0.25) is 0 Å². The lowest BCUT2D eigenvalue weighted by molar-refractivity contribution is 0.0669. The van der Waals surface area contributed by atoms with E-state index in [9.17, 15) is 0 Å². The molecule has 5 heteroatoms. The van der Waals surface area contributed by atoms with Gasteiger partial charge in [0.25, 0.3) is 0 Å². The van der Waals surface area contributed by atoms with Crippen molar-refractivity contribution in [2.75, 3.05) is 18.7 Å². The molecule has 1 N–H and O–H groups in total. The fourth-order valence-corrected chi connectivity index (χ4v) is 2.53. The molecule has 0 aliphatic heterocycles. The molecule has 2 rings (SSSR count). The molecule has 2 atom stereocenters. The van der Waals surface area contributed by atoms with E-state index in [1.54, 1.807) is 18.9 Å². The van der Waals surface area contributed by atoms with Crippen LogP contribution in [0, 0.1) is 0 Å². The summed E-state index contributed by atoms with van der Waals surface area (Å²) in [6.07, 6.45) is 7.02. The Morgan fingerprint density at radius 3 is 2.88 bits per heavy atom. The molecular formula is C12H19N3OS. The molecule has 17 heavy (non-hydrogen) atoms. The minimum Gasteiger partial charge on any atom is -0.381 e. The highest BCUT2D eigenvalue weighted by Gasteiger charge is 2.21. The highest BCUT2D eigenvalue weighted by molar-refractivity contribution is 7.98. The number of thioether (sulfide) groups is 1. The zero-order valence-electron chi connectivity index (χ0n) is 10.3. The van der Waals surface area contributed by atoms with Crippen LogP contribution in [0.4, 0.5) is 5.82 Å². The van der Waals surface area contributed by atoms with Gasteiger partial charge in [0, 0.05) is 13.2 Å². The molecule has 94 valence electrons. The zero-order chi connectivity index (χ0) is 12.1. The van der Waals surface area contributed by atoms with E-state index in [0.717, 1.165) is 17.3 Å². The van der Waals surface area contributed by atoms with Crippen molar-refractivity contribution in [2.45, 2.75) is 42.9 Å². The Bertz CT molecular complexity index is 344.